The number of ether oxygens (including phenoxy) is 1. The Hall–Kier alpha value is -2.24. The number of aliphatic hydroxyl groups is 1. The molecule has 2 aromatic heterocycles. The molecular weight excluding hydrogens is 403 g/mol. The normalized spacial score (nSPS) is 12.6. The number of fused-ring (bicyclic) bond motifs is 1. The number of benzene rings is 1. The third kappa shape index (κ3) is 5.38. The third-order valence-corrected chi connectivity index (χ3v) is 5.76. The van der Waals surface area contributed by atoms with Crippen LogP contribution in [0.5, 0.6) is 0 Å². The van der Waals surface area contributed by atoms with Gasteiger partial charge in [-0.15, -0.1) is 0 Å². The van der Waals surface area contributed by atoms with Crippen LogP contribution >= 0.6 is 0 Å². The smallest absolute Gasteiger partial charge is 0.107 e. The quantitative estimate of drug-likeness (QED) is 0.428. The maximum absolute atomic E-state index is 13.7. The van der Waals surface area contributed by atoms with E-state index in [4.69, 9.17) is 9.72 Å². The van der Waals surface area contributed by atoms with Gasteiger partial charge in [-0.2, -0.15) is 0 Å². The average Bonchev–Trinajstić information content (AvgIpc) is 3.06. The Labute approximate surface area is 192 Å². The van der Waals surface area contributed by atoms with Gasteiger partial charge in [0.2, 0.25) is 0 Å². The van der Waals surface area contributed by atoms with Gasteiger partial charge in [0.15, 0.2) is 0 Å². The van der Waals surface area contributed by atoms with Crippen molar-refractivity contribution in [1.29, 1.82) is 0 Å². The molecule has 0 fully saturated rings. The maximum Gasteiger partial charge on any atom is 0.107 e. The van der Waals surface area contributed by atoms with E-state index in [-0.39, 0.29) is 24.7 Å². The van der Waals surface area contributed by atoms with Crippen molar-refractivity contribution in [3.63, 3.8) is 0 Å². The highest BCUT2D eigenvalue weighted by atomic mass is 19.1. The zero-order valence-electron chi connectivity index (χ0n) is 20.9. The SMILES string of the molecule is CC.COC(C)c1ncc(C)cc1-c1c(CC(C)(C)CO)c2cc(C)ccc2n1CCF. The van der Waals surface area contributed by atoms with Gasteiger partial charge in [0.1, 0.15) is 6.67 Å². The molecule has 0 saturated heterocycles. The Bertz CT molecular complexity index is 1040. The minimum atomic E-state index is -0.456. The minimum absolute atomic E-state index is 0.0709. The molecule has 1 unspecified atom stereocenters. The second-order valence-corrected chi connectivity index (χ2v) is 9.01. The van der Waals surface area contributed by atoms with Crippen LogP contribution in [0, 0.1) is 19.3 Å². The Balaban J connectivity index is 0.00000176. The molecular formula is C27H39FN2O2. The summed E-state index contributed by atoms with van der Waals surface area (Å²) in [6.07, 6.45) is 2.32. The van der Waals surface area contributed by atoms with Crippen molar-refractivity contribution >= 4 is 10.9 Å². The highest BCUT2D eigenvalue weighted by Gasteiger charge is 2.27. The van der Waals surface area contributed by atoms with Crippen molar-refractivity contribution in [3.8, 4) is 11.3 Å². The van der Waals surface area contributed by atoms with Crippen molar-refractivity contribution in [1.82, 2.24) is 9.55 Å². The topological polar surface area (TPSA) is 47.3 Å². The Morgan fingerprint density at radius 2 is 1.84 bits per heavy atom. The maximum atomic E-state index is 13.7. The Morgan fingerprint density at radius 3 is 2.44 bits per heavy atom. The molecule has 1 N–H and O–H groups in total. The van der Waals surface area contributed by atoms with Gasteiger partial charge in [-0.3, -0.25) is 4.98 Å². The second kappa shape index (κ2) is 11.1. The van der Waals surface area contributed by atoms with E-state index >= 15 is 0 Å². The van der Waals surface area contributed by atoms with Crippen LogP contribution < -0.4 is 0 Å². The third-order valence-electron chi connectivity index (χ3n) is 5.76. The van der Waals surface area contributed by atoms with Crippen LogP contribution in [-0.2, 0) is 17.7 Å². The van der Waals surface area contributed by atoms with Crippen LogP contribution in [0.2, 0.25) is 0 Å². The molecule has 0 aliphatic carbocycles. The van der Waals surface area contributed by atoms with Gasteiger partial charge in [0.25, 0.3) is 0 Å². The summed E-state index contributed by atoms with van der Waals surface area (Å²) in [6, 6.07) is 8.42. The Morgan fingerprint density at radius 1 is 1.16 bits per heavy atom. The lowest BCUT2D eigenvalue weighted by atomic mass is 9.84. The highest BCUT2D eigenvalue weighted by Crippen LogP contribution is 2.40. The number of rotatable bonds is 8. The van der Waals surface area contributed by atoms with E-state index in [2.05, 4.69) is 49.6 Å². The van der Waals surface area contributed by atoms with Gasteiger partial charge in [-0.05, 0) is 61.9 Å². The number of halogens is 1. The summed E-state index contributed by atoms with van der Waals surface area (Å²) in [6.45, 7) is 14.0. The molecule has 0 bridgehead atoms. The van der Waals surface area contributed by atoms with E-state index < -0.39 is 6.67 Å². The molecule has 32 heavy (non-hydrogen) atoms. The fraction of sp³-hybridized carbons (Fsp3) is 0.519. The average molecular weight is 443 g/mol. The standard InChI is InChI=1S/C25H33FN2O2.C2H6/c1-16-7-8-22-19(11-16)21(13-25(4,5)15-29)24(28(22)10-9-26)20-12-17(2)14-27-23(20)18(3)30-6;1-2/h7-8,11-12,14,18,29H,9-10,13,15H2,1-6H3;1-2H3. The molecule has 0 saturated carbocycles. The van der Waals surface area contributed by atoms with Crippen LogP contribution in [0.1, 0.15) is 63.1 Å². The molecule has 2 heterocycles. The first kappa shape index (κ1) is 26.0. The molecule has 176 valence electrons. The molecule has 0 aliphatic rings. The van der Waals surface area contributed by atoms with Crippen LogP contribution in [0.3, 0.4) is 0 Å². The minimum Gasteiger partial charge on any atom is -0.396 e. The van der Waals surface area contributed by atoms with Crippen molar-refractivity contribution in [3.05, 3.63) is 52.8 Å². The lowest BCUT2D eigenvalue weighted by Gasteiger charge is -2.24. The number of aliphatic hydroxyl groups excluding tert-OH is 1. The van der Waals surface area contributed by atoms with Gasteiger partial charge in [0, 0.05) is 36.4 Å². The highest BCUT2D eigenvalue weighted by molar-refractivity contribution is 5.93. The van der Waals surface area contributed by atoms with E-state index in [0.717, 1.165) is 44.5 Å². The molecule has 3 aromatic rings. The molecule has 4 nitrogen and oxygen atoms in total. The van der Waals surface area contributed by atoms with Crippen LogP contribution in [-0.4, -0.2) is 35.0 Å². The largest absolute Gasteiger partial charge is 0.396 e. The second-order valence-electron chi connectivity index (χ2n) is 9.01. The van der Waals surface area contributed by atoms with E-state index in [0.29, 0.717) is 6.42 Å². The summed E-state index contributed by atoms with van der Waals surface area (Å²) < 4.78 is 21.4. The number of methoxy groups -OCH3 is 1. The van der Waals surface area contributed by atoms with Crippen LogP contribution in [0.15, 0.2) is 30.5 Å². The first-order valence-electron chi connectivity index (χ1n) is 11.5. The molecule has 1 atom stereocenters. The molecule has 3 rings (SSSR count). The summed E-state index contributed by atoms with van der Waals surface area (Å²) in [5.74, 6) is 0. The molecule has 0 amide bonds. The number of nitrogens with zero attached hydrogens (tertiary/aromatic N) is 2. The monoisotopic (exact) mass is 442 g/mol. The fourth-order valence-electron chi connectivity index (χ4n) is 4.08. The summed E-state index contributed by atoms with van der Waals surface area (Å²) in [5.41, 5.74) is 6.80. The molecule has 0 aliphatic heterocycles. The van der Waals surface area contributed by atoms with Crippen molar-refractivity contribution in [2.24, 2.45) is 5.41 Å². The molecule has 0 spiro atoms. The van der Waals surface area contributed by atoms with Gasteiger partial charge in [-0.1, -0.05) is 39.3 Å². The summed E-state index contributed by atoms with van der Waals surface area (Å²) in [7, 11) is 1.67. The zero-order valence-corrected chi connectivity index (χ0v) is 20.9. The van der Waals surface area contributed by atoms with Crippen molar-refractivity contribution in [2.75, 3.05) is 20.4 Å². The number of aryl methyl sites for hydroxylation is 3. The first-order chi connectivity index (χ1) is 15.2. The lowest BCUT2D eigenvalue weighted by molar-refractivity contribution is 0.116. The Kier molecular flexibility index (Phi) is 8.99. The predicted molar refractivity (Wildman–Crippen MR) is 132 cm³/mol. The zero-order chi connectivity index (χ0) is 24.1. The van der Waals surface area contributed by atoms with E-state index in [1.165, 1.54) is 0 Å². The van der Waals surface area contributed by atoms with Crippen LogP contribution in [0.4, 0.5) is 4.39 Å². The summed E-state index contributed by atoms with van der Waals surface area (Å²) in [4.78, 5) is 4.69. The van der Waals surface area contributed by atoms with Crippen LogP contribution in [0.25, 0.3) is 22.2 Å². The number of hydrogen-bond donors (Lipinski definition) is 1. The van der Waals surface area contributed by atoms with Gasteiger partial charge >= 0.3 is 0 Å². The van der Waals surface area contributed by atoms with Gasteiger partial charge in [0.05, 0.1) is 24.0 Å². The number of alkyl halides is 1. The first-order valence-corrected chi connectivity index (χ1v) is 11.5. The fourth-order valence-corrected chi connectivity index (χ4v) is 4.08. The number of aromatic nitrogens is 2. The number of hydrogen-bond acceptors (Lipinski definition) is 3. The van der Waals surface area contributed by atoms with Gasteiger partial charge in [-0.25, -0.2) is 4.39 Å². The molecule has 5 heteroatoms. The summed E-state index contributed by atoms with van der Waals surface area (Å²) in [5, 5.41) is 11.1. The summed E-state index contributed by atoms with van der Waals surface area (Å²) >= 11 is 0. The molecule has 0 radical (unpaired) electrons. The van der Waals surface area contributed by atoms with E-state index in [1.807, 2.05) is 33.9 Å². The van der Waals surface area contributed by atoms with E-state index in [9.17, 15) is 9.50 Å². The molecule has 1 aromatic carbocycles. The number of pyridine rings is 1. The van der Waals surface area contributed by atoms with E-state index in [1.54, 1.807) is 7.11 Å². The lowest BCUT2D eigenvalue weighted by Crippen LogP contribution is -2.20. The van der Waals surface area contributed by atoms with Crippen molar-refractivity contribution < 1.29 is 14.2 Å². The van der Waals surface area contributed by atoms with Crippen molar-refractivity contribution in [2.45, 2.75) is 67.5 Å². The van der Waals surface area contributed by atoms with Gasteiger partial charge < -0.3 is 14.4 Å². The predicted octanol–water partition coefficient (Wildman–Crippen LogP) is 6.58.